The summed E-state index contributed by atoms with van der Waals surface area (Å²) in [5.74, 6) is 0.323. The molecule has 1 atom stereocenters. The van der Waals surface area contributed by atoms with E-state index in [0.29, 0.717) is 17.2 Å². The molecule has 0 saturated carbocycles. The monoisotopic (exact) mass is 402 g/mol. The molecule has 0 aromatic heterocycles. The van der Waals surface area contributed by atoms with Crippen LogP contribution < -0.4 is 10.0 Å². The van der Waals surface area contributed by atoms with Gasteiger partial charge in [0.05, 0.1) is 10.6 Å². The van der Waals surface area contributed by atoms with E-state index >= 15 is 0 Å². The van der Waals surface area contributed by atoms with Gasteiger partial charge in [0.1, 0.15) is 0 Å². The molecular formula is C22H30N2O3S. The lowest BCUT2D eigenvalue weighted by atomic mass is 10.0. The molecule has 0 aliphatic heterocycles. The van der Waals surface area contributed by atoms with E-state index in [2.05, 4.69) is 23.9 Å². The molecule has 1 unspecified atom stereocenters. The van der Waals surface area contributed by atoms with Crippen molar-refractivity contribution in [2.45, 2.75) is 58.4 Å². The van der Waals surface area contributed by atoms with Crippen molar-refractivity contribution < 1.29 is 13.2 Å². The SMILES string of the molecule is Cc1ccccc1NS(=O)(=O)c1ccc(C)c(C(=O)NC(C)CCC(C)C)c1. The number of carbonyl (C=O) groups is 1. The van der Waals surface area contributed by atoms with E-state index in [1.807, 2.05) is 26.0 Å². The summed E-state index contributed by atoms with van der Waals surface area (Å²) < 4.78 is 28.2. The number of anilines is 1. The smallest absolute Gasteiger partial charge is 0.261 e. The molecule has 0 spiro atoms. The van der Waals surface area contributed by atoms with Crippen LogP contribution in [0.2, 0.25) is 0 Å². The van der Waals surface area contributed by atoms with Crippen LogP contribution in [0.3, 0.4) is 0 Å². The largest absolute Gasteiger partial charge is 0.350 e. The summed E-state index contributed by atoms with van der Waals surface area (Å²) in [6.45, 7) is 9.90. The lowest BCUT2D eigenvalue weighted by molar-refractivity contribution is 0.0936. The van der Waals surface area contributed by atoms with E-state index in [-0.39, 0.29) is 16.8 Å². The molecule has 0 aliphatic carbocycles. The molecule has 0 fully saturated rings. The number of hydrogen-bond donors (Lipinski definition) is 2. The maximum atomic E-state index is 12.8. The second-order valence-corrected chi connectivity index (χ2v) is 9.43. The van der Waals surface area contributed by atoms with Gasteiger partial charge in [-0.15, -0.1) is 0 Å². The Balaban J connectivity index is 2.22. The Labute approximate surface area is 168 Å². The van der Waals surface area contributed by atoms with Gasteiger partial charge >= 0.3 is 0 Å². The summed E-state index contributed by atoms with van der Waals surface area (Å²) in [6.07, 6.45) is 1.91. The molecule has 2 aromatic carbocycles. The topological polar surface area (TPSA) is 75.3 Å². The molecule has 2 N–H and O–H groups in total. The van der Waals surface area contributed by atoms with Gasteiger partial charge < -0.3 is 5.32 Å². The van der Waals surface area contributed by atoms with E-state index in [1.54, 1.807) is 25.1 Å². The van der Waals surface area contributed by atoms with Crippen molar-refractivity contribution in [2.75, 3.05) is 4.72 Å². The molecule has 2 rings (SSSR count). The van der Waals surface area contributed by atoms with Gasteiger partial charge in [-0.05, 0) is 68.9 Å². The number of para-hydroxylation sites is 1. The molecule has 0 heterocycles. The number of benzene rings is 2. The Morgan fingerprint density at radius 2 is 1.64 bits per heavy atom. The number of sulfonamides is 1. The van der Waals surface area contributed by atoms with E-state index in [9.17, 15) is 13.2 Å². The molecule has 28 heavy (non-hydrogen) atoms. The summed E-state index contributed by atoms with van der Waals surface area (Å²) in [5, 5.41) is 2.98. The lowest BCUT2D eigenvalue weighted by Gasteiger charge is -2.17. The summed E-state index contributed by atoms with van der Waals surface area (Å²) in [5.41, 5.74) is 2.47. The molecule has 6 heteroatoms. The number of amides is 1. The quantitative estimate of drug-likeness (QED) is 0.674. The standard InChI is InChI=1S/C22H30N2O3S/c1-15(2)10-12-18(5)23-22(25)20-14-19(13-11-16(20)3)28(26,27)24-21-9-7-6-8-17(21)4/h6-9,11,13-15,18,24H,10,12H2,1-5H3,(H,23,25). The molecule has 1 amide bonds. The summed E-state index contributed by atoms with van der Waals surface area (Å²) >= 11 is 0. The number of carbonyl (C=O) groups excluding carboxylic acids is 1. The van der Waals surface area contributed by atoms with Crippen LogP contribution in [0.4, 0.5) is 5.69 Å². The first-order valence-corrected chi connectivity index (χ1v) is 11.1. The Morgan fingerprint density at radius 3 is 2.29 bits per heavy atom. The fourth-order valence-electron chi connectivity index (χ4n) is 2.86. The zero-order chi connectivity index (χ0) is 20.9. The second-order valence-electron chi connectivity index (χ2n) is 7.74. The normalized spacial score (nSPS) is 12.6. The molecule has 0 saturated heterocycles. The summed E-state index contributed by atoms with van der Waals surface area (Å²) in [4.78, 5) is 12.8. The Morgan fingerprint density at radius 1 is 0.964 bits per heavy atom. The van der Waals surface area contributed by atoms with Crippen LogP contribution in [0, 0.1) is 19.8 Å². The van der Waals surface area contributed by atoms with Crippen molar-refractivity contribution in [3.63, 3.8) is 0 Å². The third-order valence-corrected chi connectivity index (χ3v) is 6.07. The van der Waals surface area contributed by atoms with Gasteiger partial charge in [0.2, 0.25) is 0 Å². The van der Waals surface area contributed by atoms with Crippen LogP contribution in [0.1, 0.15) is 55.1 Å². The maximum Gasteiger partial charge on any atom is 0.261 e. The van der Waals surface area contributed by atoms with Crippen LogP contribution in [0.5, 0.6) is 0 Å². The lowest BCUT2D eigenvalue weighted by Crippen LogP contribution is -2.33. The zero-order valence-electron chi connectivity index (χ0n) is 17.2. The van der Waals surface area contributed by atoms with Crippen LogP contribution in [0.25, 0.3) is 0 Å². The maximum absolute atomic E-state index is 12.8. The average Bonchev–Trinajstić information content (AvgIpc) is 2.62. The van der Waals surface area contributed by atoms with Gasteiger partial charge in [0, 0.05) is 11.6 Å². The first-order valence-electron chi connectivity index (χ1n) is 9.60. The van der Waals surface area contributed by atoms with E-state index in [4.69, 9.17) is 0 Å². The third-order valence-electron chi connectivity index (χ3n) is 4.71. The molecule has 5 nitrogen and oxygen atoms in total. The minimum Gasteiger partial charge on any atom is -0.350 e. The third kappa shape index (κ3) is 5.83. The predicted octanol–water partition coefficient (Wildman–Crippen LogP) is 4.66. The fraction of sp³-hybridized carbons (Fsp3) is 0.409. The van der Waals surface area contributed by atoms with Gasteiger partial charge in [-0.1, -0.05) is 38.1 Å². The first-order chi connectivity index (χ1) is 13.1. The van der Waals surface area contributed by atoms with Crippen molar-refractivity contribution in [3.05, 3.63) is 59.2 Å². The predicted molar refractivity (Wildman–Crippen MR) is 114 cm³/mol. The van der Waals surface area contributed by atoms with Gasteiger partial charge in [-0.2, -0.15) is 0 Å². The van der Waals surface area contributed by atoms with Crippen LogP contribution >= 0.6 is 0 Å². The Hall–Kier alpha value is -2.34. The van der Waals surface area contributed by atoms with Gasteiger partial charge in [0.15, 0.2) is 0 Å². The zero-order valence-corrected chi connectivity index (χ0v) is 18.1. The number of hydrogen-bond acceptors (Lipinski definition) is 3. The molecule has 2 aromatic rings. The highest BCUT2D eigenvalue weighted by atomic mass is 32.2. The van der Waals surface area contributed by atoms with E-state index in [1.165, 1.54) is 12.1 Å². The molecule has 0 radical (unpaired) electrons. The molecule has 0 bridgehead atoms. The van der Waals surface area contributed by atoms with Crippen LogP contribution in [-0.2, 0) is 10.0 Å². The number of nitrogens with one attached hydrogen (secondary N) is 2. The molecule has 0 aliphatic rings. The highest BCUT2D eigenvalue weighted by Crippen LogP contribution is 2.21. The van der Waals surface area contributed by atoms with Crippen LogP contribution in [-0.4, -0.2) is 20.4 Å². The van der Waals surface area contributed by atoms with Crippen molar-refractivity contribution in [1.29, 1.82) is 0 Å². The van der Waals surface area contributed by atoms with Crippen molar-refractivity contribution >= 4 is 21.6 Å². The molecular weight excluding hydrogens is 372 g/mol. The van der Waals surface area contributed by atoms with Gasteiger partial charge in [0.25, 0.3) is 15.9 Å². The highest BCUT2D eigenvalue weighted by Gasteiger charge is 2.19. The molecule has 152 valence electrons. The van der Waals surface area contributed by atoms with E-state index in [0.717, 1.165) is 24.0 Å². The van der Waals surface area contributed by atoms with E-state index < -0.39 is 10.0 Å². The second kappa shape index (κ2) is 9.24. The average molecular weight is 403 g/mol. The number of rotatable bonds is 8. The highest BCUT2D eigenvalue weighted by molar-refractivity contribution is 7.92. The number of aryl methyl sites for hydroxylation is 2. The van der Waals surface area contributed by atoms with Gasteiger partial charge in [-0.3, -0.25) is 9.52 Å². The summed E-state index contributed by atoms with van der Waals surface area (Å²) in [7, 11) is -3.79. The minimum atomic E-state index is -3.79. The van der Waals surface area contributed by atoms with Gasteiger partial charge in [-0.25, -0.2) is 8.42 Å². The summed E-state index contributed by atoms with van der Waals surface area (Å²) in [6, 6.07) is 11.8. The first kappa shape index (κ1) is 22.0. The fourth-order valence-corrected chi connectivity index (χ4v) is 4.02. The van der Waals surface area contributed by atoms with Crippen molar-refractivity contribution in [2.24, 2.45) is 5.92 Å². The minimum absolute atomic E-state index is 0.0275. The van der Waals surface area contributed by atoms with Crippen molar-refractivity contribution in [1.82, 2.24) is 5.32 Å². The van der Waals surface area contributed by atoms with Crippen molar-refractivity contribution in [3.8, 4) is 0 Å². The van der Waals surface area contributed by atoms with Crippen LogP contribution in [0.15, 0.2) is 47.4 Å². The Bertz CT molecular complexity index is 937. The Kier molecular flexibility index (Phi) is 7.24.